The van der Waals surface area contributed by atoms with E-state index >= 15 is 0 Å². The number of aliphatic hydroxyl groups excluding tert-OH is 1. The number of benzene rings is 1. The molecular weight excluding hydrogens is 276 g/mol. The van der Waals surface area contributed by atoms with Gasteiger partial charge in [-0.1, -0.05) is 0 Å². The minimum absolute atomic E-state index is 0.0681. The Balaban J connectivity index is 3.27. The van der Waals surface area contributed by atoms with Gasteiger partial charge in [-0.05, 0) is 28.9 Å². The van der Waals surface area contributed by atoms with Crippen LogP contribution >= 0.6 is 15.9 Å². The van der Waals surface area contributed by atoms with E-state index in [9.17, 15) is 10.2 Å². The first-order chi connectivity index (χ1) is 7.51. The topological polar surface area (TPSA) is 58.9 Å². The van der Waals surface area contributed by atoms with Gasteiger partial charge in [0.1, 0.15) is 10.2 Å². The van der Waals surface area contributed by atoms with E-state index in [-0.39, 0.29) is 5.75 Å². The van der Waals surface area contributed by atoms with Gasteiger partial charge in [0, 0.05) is 12.0 Å². The normalized spacial score (nSPS) is 12.3. The molecule has 0 aliphatic rings. The molecule has 1 rings (SSSR count). The van der Waals surface area contributed by atoms with Crippen LogP contribution in [0.2, 0.25) is 0 Å². The number of aromatic hydroxyl groups is 1. The number of phenolic OH excluding ortho intramolecular Hbond substituents is 1. The molecular formula is C11H15BrO4. The molecule has 0 amide bonds. The van der Waals surface area contributed by atoms with E-state index in [1.807, 2.05) is 0 Å². The summed E-state index contributed by atoms with van der Waals surface area (Å²) < 4.78 is 10.7. The van der Waals surface area contributed by atoms with Gasteiger partial charge in [-0.15, -0.1) is 0 Å². The Labute approximate surface area is 103 Å². The summed E-state index contributed by atoms with van der Waals surface area (Å²) in [4.78, 5) is 0. The molecule has 0 aliphatic heterocycles. The first-order valence-corrected chi connectivity index (χ1v) is 5.61. The van der Waals surface area contributed by atoms with Crippen LogP contribution < -0.4 is 9.47 Å². The van der Waals surface area contributed by atoms with Gasteiger partial charge in [0.2, 0.25) is 0 Å². The molecule has 1 unspecified atom stereocenters. The summed E-state index contributed by atoms with van der Waals surface area (Å²) in [5.41, 5.74) is 0.611. The van der Waals surface area contributed by atoms with Crippen LogP contribution in [0.1, 0.15) is 12.5 Å². The zero-order chi connectivity index (χ0) is 12.3. The van der Waals surface area contributed by atoms with E-state index < -0.39 is 6.10 Å². The van der Waals surface area contributed by atoms with Crippen molar-refractivity contribution < 1.29 is 19.7 Å². The highest BCUT2D eigenvalue weighted by molar-refractivity contribution is 9.10. The number of phenols is 1. The predicted molar refractivity (Wildman–Crippen MR) is 64.3 cm³/mol. The summed E-state index contributed by atoms with van der Waals surface area (Å²) in [7, 11) is 3.02. The van der Waals surface area contributed by atoms with Gasteiger partial charge in [0.25, 0.3) is 0 Å². The lowest BCUT2D eigenvalue weighted by atomic mass is 10.1. The van der Waals surface area contributed by atoms with Crippen molar-refractivity contribution in [3.05, 3.63) is 16.1 Å². The Morgan fingerprint density at radius 3 is 2.44 bits per heavy atom. The van der Waals surface area contributed by atoms with Crippen LogP contribution in [0.15, 0.2) is 10.5 Å². The molecule has 0 heterocycles. The molecule has 0 aromatic heterocycles. The maximum atomic E-state index is 9.88. The molecule has 0 radical (unpaired) electrons. The highest BCUT2D eigenvalue weighted by Gasteiger charge is 2.18. The fourth-order valence-corrected chi connectivity index (χ4v) is 2.08. The Hall–Kier alpha value is -0.940. The summed E-state index contributed by atoms with van der Waals surface area (Å²) in [5, 5.41) is 19.2. The van der Waals surface area contributed by atoms with E-state index in [0.29, 0.717) is 28.0 Å². The van der Waals surface area contributed by atoms with Crippen molar-refractivity contribution in [3.63, 3.8) is 0 Å². The number of hydrogen-bond acceptors (Lipinski definition) is 4. The number of aliphatic hydroxyl groups is 1. The Kier molecular flexibility index (Phi) is 4.44. The molecule has 0 saturated heterocycles. The SMILES string of the molecule is COc1cc(CC(C)O)c(O)c(Br)c1OC. The molecule has 90 valence electrons. The van der Waals surface area contributed by atoms with Crippen LogP contribution in [0.3, 0.4) is 0 Å². The Bertz CT molecular complexity index is 377. The van der Waals surface area contributed by atoms with Gasteiger partial charge < -0.3 is 19.7 Å². The van der Waals surface area contributed by atoms with Crippen molar-refractivity contribution >= 4 is 15.9 Å². The minimum atomic E-state index is -0.532. The molecule has 0 bridgehead atoms. The molecule has 1 atom stereocenters. The third-order valence-corrected chi connectivity index (χ3v) is 2.92. The second-order valence-electron chi connectivity index (χ2n) is 3.49. The van der Waals surface area contributed by atoms with Crippen LogP contribution in [0.5, 0.6) is 17.2 Å². The molecule has 4 nitrogen and oxygen atoms in total. The quantitative estimate of drug-likeness (QED) is 0.892. The summed E-state index contributed by atoms with van der Waals surface area (Å²) in [6, 6.07) is 1.66. The zero-order valence-electron chi connectivity index (χ0n) is 9.45. The fraction of sp³-hybridized carbons (Fsp3) is 0.455. The fourth-order valence-electron chi connectivity index (χ4n) is 1.46. The highest BCUT2D eigenvalue weighted by Crippen LogP contribution is 2.43. The van der Waals surface area contributed by atoms with E-state index in [1.54, 1.807) is 13.0 Å². The molecule has 1 aromatic carbocycles. The summed E-state index contributed by atoms with van der Waals surface area (Å²) in [5.74, 6) is 1.02. The second kappa shape index (κ2) is 5.41. The van der Waals surface area contributed by atoms with Gasteiger partial charge >= 0.3 is 0 Å². The van der Waals surface area contributed by atoms with E-state index in [2.05, 4.69) is 15.9 Å². The monoisotopic (exact) mass is 290 g/mol. The smallest absolute Gasteiger partial charge is 0.178 e. The molecule has 16 heavy (non-hydrogen) atoms. The standard InChI is InChI=1S/C11H15BrO4/c1-6(13)4-7-5-8(15-2)11(16-3)9(12)10(7)14/h5-6,13-14H,4H2,1-3H3. The maximum Gasteiger partial charge on any atom is 0.178 e. The van der Waals surface area contributed by atoms with Crippen molar-refractivity contribution in [1.29, 1.82) is 0 Å². The van der Waals surface area contributed by atoms with Crippen molar-refractivity contribution in [1.82, 2.24) is 0 Å². The number of methoxy groups -OCH3 is 2. The van der Waals surface area contributed by atoms with Gasteiger partial charge in [0.05, 0.1) is 20.3 Å². The lowest BCUT2D eigenvalue weighted by Crippen LogP contribution is -2.05. The van der Waals surface area contributed by atoms with E-state index in [0.717, 1.165) is 0 Å². The maximum absolute atomic E-state index is 9.88. The molecule has 5 heteroatoms. The number of hydrogen-bond donors (Lipinski definition) is 2. The van der Waals surface area contributed by atoms with Gasteiger partial charge in [0.15, 0.2) is 11.5 Å². The van der Waals surface area contributed by atoms with Gasteiger partial charge in [-0.25, -0.2) is 0 Å². The highest BCUT2D eigenvalue weighted by atomic mass is 79.9. The van der Waals surface area contributed by atoms with Crippen molar-refractivity contribution in [2.45, 2.75) is 19.4 Å². The largest absolute Gasteiger partial charge is 0.506 e. The van der Waals surface area contributed by atoms with Gasteiger partial charge in [-0.3, -0.25) is 0 Å². The number of rotatable bonds is 4. The third kappa shape index (κ3) is 2.59. The lowest BCUT2D eigenvalue weighted by molar-refractivity contribution is 0.194. The average molecular weight is 291 g/mol. The molecule has 0 fully saturated rings. The van der Waals surface area contributed by atoms with Crippen LogP contribution in [-0.2, 0) is 6.42 Å². The van der Waals surface area contributed by atoms with E-state index in [1.165, 1.54) is 14.2 Å². The second-order valence-corrected chi connectivity index (χ2v) is 4.28. The van der Waals surface area contributed by atoms with E-state index in [4.69, 9.17) is 9.47 Å². The summed E-state index contributed by atoms with van der Waals surface area (Å²) in [6.07, 6.45) is -0.180. The van der Waals surface area contributed by atoms with Crippen LogP contribution in [-0.4, -0.2) is 30.5 Å². The molecule has 0 spiro atoms. The van der Waals surface area contributed by atoms with Crippen LogP contribution in [0.4, 0.5) is 0 Å². The molecule has 0 aliphatic carbocycles. The number of ether oxygens (including phenoxy) is 2. The van der Waals surface area contributed by atoms with Crippen molar-refractivity contribution in [3.8, 4) is 17.2 Å². The number of halogens is 1. The van der Waals surface area contributed by atoms with Crippen LogP contribution in [0, 0.1) is 0 Å². The first-order valence-electron chi connectivity index (χ1n) is 4.81. The average Bonchev–Trinajstić information content (AvgIpc) is 2.24. The molecule has 2 N–H and O–H groups in total. The Morgan fingerprint density at radius 2 is 2.00 bits per heavy atom. The first kappa shape index (κ1) is 13.1. The van der Waals surface area contributed by atoms with Crippen molar-refractivity contribution in [2.75, 3.05) is 14.2 Å². The minimum Gasteiger partial charge on any atom is -0.506 e. The Morgan fingerprint density at radius 1 is 1.38 bits per heavy atom. The summed E-state index contributed by atoms with van der Waals surface area (Å²) >= 11 is 3.24. The van der Waals surface area contributed by atoms with Gasteiger partial charge in [-0.2, -0.15) is 0 Å². The zero-order valence-corrected chi connectivity index (χ0v) is 11.0. The van der Waals surface area contributed by atoms with Crippen LogP contribution in [0.25, 0.3) is 0 Å². The van der Waals surface area contributed by atoms with Crippen molar-refractivity contribution in [2.24, 2.45) is 0 Å². The lowest BCUT2D eigenvalue weighted by Gasteiger charge is -2.15. The predicted octanol–water partition coefficient (Wildman–Crippen LogP) is 2.10. The summed E-state index contributed by atoms with van der Waals surface area (Å²) in [6.45, 7) is 1.66. The molecule has 1 aromatic rings. The third-order valence-electron chi connectivity index (χ3n) is 2.18. The molecule has 0 saturated carbocycles.